The summed E-state index contributed by atoms with van der Waals surface area (Å²) < 4.78 is 0. The molecule has 0 saturated carbocycles. The predicted octanol–water partition coefficient (Wildman–Crippen LogP) is 3.69. The minimum atomic E-state index is 0.436. The fourth-order valence-corrected chi connectivity index (χ4v) is 1.71. The third-order valence-electron chi connectivity index (χ3n) is 3.25. The Kier molecular flexibility index (Phi) is 6.43. The molecule has 0 aromatic rings. The van der Waals surface area contributed by atoms with Crippen LogP contribution in [0, 0.1) is 17.3 Å². The Bertz CT molecular complexity index is 135. The maximum absolute atomic E-state index is 3.48. The predicted molar refractivity (Wildman–Crippen MR) is 65.6 cm³/mol. The highest BCUT2D eigenvalue weighted by molar-refractivity contribution is 4.77. The van der Waals surface area contributed by atoms with Crippen molar-refractivity contribution in [3.63, 3.8) is 0 Å². The summed E-state index contributed by atoms with van der Waals surface area (Å²) in [6, 6.07) is 0. The number of hydrogen-bond donors (Lipinski definition) is 1. The maximum Gasteiger partial charge on any atom is -0.00155 e. The van der Waals surface area contributed by atoms with Gasteiger partial charge in [0.15, 0.2) is 0 Å². The summed E-state index contributed by atoms with van der Waals surface area (Å²) in [7, 11) is 0. The Balaban J connectivity index is 4.11. The van der Waals surface area contributed by atoms with Crippen LogP contribution < -0.4 is 5.32 Å². The van der Waals surface area contributed by atoms with Crippen LogP contribution in [-0.2, 0) is 0 Å². The van der Waals surface area contributed by atoms with Gasteiger partial charge in [0.05, 0.1) is 0 Å². The smallest absolute Gasteiger partial charge is 0.00155 e. The summed E-state index contributed by atoms with van der Waals surface area (Å²) >= 11 is 0. The van der Waals surface area contributed by atoms with Gasteiger partial charge in [-0.3, -0.25) is 0 Å². The van der Waals surface area contributed by atoms with Crippen molar-refractivity contribution in [1.29, 1.82) is 0 Å². The molecule has 0 spiro atoms. The molecule has 0 aliphatic rings. The Labute approximate surface area is 90.7 Å². The lowest BCUT2D eigenvalue weighted by molar-refractivity contribution is 0.193. The van der Waals surface area contributed by atoms with Gasteiger partial charge in [0.25, 0.3) is 0 Å². The van der Waals surface area contributed by atoms with Crippen LogP contribution >= 0.6 is 0 Å². The molecule has 0 aromatic carbocycles. The highest BCUT2D eigenvalue weighted by Crippen LogP contribution is 2.31. The molecular weight excluding hydrogens is 170 g/mol. The molecule has 14 heavy (non-hydrogen) atoms. The minimum absolute atomic E-state index is 0.436. The van der Waals surface area contributed by atoms with Crippen LogP contribution in [0.25, 0.3) is 0 Å². The zero-order valence-corrected chi connectivity index (χ0v) is 11.0. The normalized spacial score (nSPS) is 16.7. The molecule has 0 aliphatic carbocycles. The van der Waals surface area contributed by atoms with Gasteiger partial charge in [-0.2, -0.15) is 0 Å². The molecule has 2 atom stereocenters. The zero-order chi connectivity index (χ0) is 11.2. The molecule has 0 aliphatic heterocycles. The van der Waals surface area contributed by atoms with E-state index in [1.54, 1.807) is 0 Å². The van der Waals surface area contributed by atoms with E-state index in [9.17, 15) is 0 Å². The van der Waals surface area contributed by atoms with E-state index < -0.39 is 0 Å². The van der Waals surface area contributed by atoms with E-state index in [4.69, 9.17) is 0 Å². The van der Waals surface area contributed by atoms with Crippen molar-refractivity contribution in [2.24, 2.45) is 17.3 Å². The first kappa shape index (κ1) is 14.0. The van der Waals surface area contributed by atoms with E-state index in [1.807, 2.05) is 0 Å². The number of nitrogens with one attached hydrogen (secondary N) is 1. The molecule has 86 valence electrons. The molecule has 0 fully saturated rings. The van der Waals surface area contributed by atoms with Crippen molar-refractivity contribution in [3.05, 3.63) is 0 Å². The van der Waals surface area contributed by atoms with Crippen molar-refractivity contribution >= 4 is 0 Å². The summed E-state index contributed by atoms with van der Waals surface area (Å²) in [6.45, 7) is 16.2. The molecule has 1 N–H and O–H groups in total. The molecule has 1 nitrogen and oxygen atoms in total. The van der Waals surface area contributed by atoms with Crippen LogP contribution in [-0.4, -0.2) is 13.1 Å². The van der Waals surface area contributed by atoms with E-state index in [0.717, 1.165) is 18.4 Å². The Morgan fingerprint density at radius 1 is 1.14 bits per heavy atom. The second kappa shape index (κ2) is 6.44. The molecular formula is C13H29N. The SMILES string of the molecule is CCNCC(CC(C)CC)C(C)(C)C. The summed E-state index contributed by atoms with van der Waals surface area (Å²) in [5.41, 5.74) is 0.436. The maximum atomic E-state index is 3.48. The first-order valence-corrected chi connectivity index (χ1v) is 6.12. The van der Waals surface area contributed by atoms with E-state index in [-0.39, 0.29) is 0 Å². The quantitative estimate of drug-likeness (QED) is 0.688. The van der Waals surface area contributed by atoms with Gasteiger partial charge in [0, 0.05) is 0 Å². The Morgan fingerprint density at radius 2 is 1.71 bits per heavy atom. The first-order chi connectivity index (χ1) is 6.41. The lowest BCUT2D eigenvalue weighted by Crippen LogP contribution is -2.33. The molecule has 0 rings (SSSR count). The topological polar surface area (TPSA) is 12.0 Å². The van der Waals surface area contributed by atoms with Crippen LogP contribution in [0.2, 0.25) is 0 Å². The van der Waals surface area contributed by atoms with E-state index in [2.05, 4.69) is 46.9 Å². The fraction of sp³-hybridized carbons (Fsp3) is 1.00. The monoisotopic (exact) mass is 199 g/mol. The van der Waals surface area contributed by atoms with Crippen molar-refractivity contribution in [2.75, 3.05) is 13.1 Å². The van der Waals surface area contributed by atoms with Gasteiger partial charge in [-0.1, -0.05) is 48.0 Å². The lowest BCUT2D eigenvalue weighted by atomic mass is 9.75. The lowest BCUT2D eigenvalue weighted by Gasteiger charge is -2.33. The van der Waals surface area contributed by atoms with Crippen LogP contribution in [0.5, 0.6) is 0 Å². The van der Waals surface area contributed by atoms with Crippen LogP contribution in [0.15, 0.2) is 0 Å². The average molecular weight is 199 g/mol. The van der Waals surface area contributed by atoms with Crippen LogP contribution in [0.3, 0.4) is 0 Å². The highest BCUT2D eigenvalue weighted by Gasteiger charge is 2.25. The van der Waals surface area contributed by atoms with Gasteiger partial charge >= 0.3 is 0 Å². The van der Waals surface area contributed by atoms with Gasteiger partial charge in [-0.15, -0.1) is 0 Å². The summed E-state index contributed by atoms with van der Waals surface area (Å²) in [6.07, 6.45) is 2.66. The number of hydrogen-bond acceptors (Lipinski definition) is 1. The molecule has 1 heteroatoms. The van der Waals surface area contributed by atoms with Gasteiger partial charge in [-0.05, 0) is 36.8 Å². The summed E-state index contributed by atoms with van der Waals surface area (Å²) in [5.74, 6) is 1.66. The van der Waals surface area contributed by atoms with Crippen molar-refractivity contribution < 1.29 is 0 Å². The Hall–Kier alpha value is -0.0400. The third kappa shape index (κ3) is 5.64. The minimum Gasteiger partial charge on any atom is -0.317 e. The van der Waals surface area contributed by atoms with Crippen molar-refractivity contribution in [1.82, 2.24) is 5.32 Å². The fourth-order valence-electron chi connectivity index (χ4n) is 1.71. The van der Waals surface area contributed by atoms with Gasteiger partial charge in [0.1, 0.15) is 0 Å². The standard InChI is InChI=1S/C13H29N/c1-7-11(3)9-12(10-14-8-2)13(4,5)6/h11-12,14H,7-10H2,1-6H3. The summed E-state index contributed by atoms with van der Waals surface area (Å²) in [4.78, 5) is 0. The van der Waals surface area contributed by atoms with E-state index in [0.29, 0.717) is 5.41 Å². The molecule has 0 bridgehead atoms. The number of rotatable bonds is 6. The molecule has 0 saturated heterocycles. The van der Waals surface area contributed by atoms with Gasteiger partial charge < -0.3 is 5.32 Å². The van der Waals surface area contributed by atoms with Crippen LogP contribution in [0.1, 0.15) is 54.4 Å². The first-order valence-electron chi connectivity index (χ1n) is 6.12. The van der Waals surface area contributed by atoms with Crippen LogP contribution in [0.4, 0.5) is 0 Å². The molecule has 0 aromatic heterocycles. The highest BCUT2D eigenvalue weighted by atomic mass is 14.8. The van der Waals surface area contributed by atoms with Gasteiger partial charge in [-0.25, -0.2) is 0 Å². The van der Waals surface area contributed by atoms with Gasteiger partial charge in [0.2, 0.25) is 0 Å². The second-order valence-electron chi connectivity index (χ2n) is 5.62. The van der Waals surface area contributed by atoms with E-state index >= 15 is 0 Å². The molecule has 0 radical (unpaired) electrons. The Morgan fingerprint density at radius 3 is 2.07 bits per heavy atom. The largest absolute Gasteiger partial charge is 0.317 e. The summed E-state index contributed by atoms with van der Waals surface area (Å²) in [5, 5.41) is 3.48. The molecule has 0 heterocycles. The average Bonchev–Trinajstić information content (AvgIpc) is 2.09. The third-order valence-corrected chi connectivity index (χ3v) is 3.25. The molecule has 2 unspecified atom stereocenters. The molecule has 0 amide bonds. The van der Waals surface area contributed by atoms with Crippen molar-refractivity contribution in [2.45, 2.75) is 54.4 Å². The van der Waals surface area contributed by atoms with E-state index in [1.165, 1.54) is 19.4 Å². The second-order valence-corrected chi connectivity index (χ2v) is 5.62. The van der Waals surface area contributed by atoms with Crippen molar-refractivity contribution in [3.8, 4) is 0 Å². The zero-order valence-electron chi connectivity index (χ0n) is 11.0.